The third-order valence-corrected chi connectivity index (χ3v) is 2.17. The number of rotatable bonds is 4. The lowest BCUT2D eigenvalue weighted by Crippen LogP contribution is -2.31. The summed E-state index contributed by atoms with van der Waals surface area (Å²) in [6.45, 7) is 3.06. The number of hydrogen-bond acceptors (Lipinski definition) is 2. The lowest BCUT2D eigenvalue weighted by atomic mass is 9.97. The zero-order valence-corrected chi connectivity index (χ0v) is 8.66. The molecule has 0 aromatic heterocycles. The zero-order chi connectivity index (χ0) is 10.6. The number of benzene rings is 1. The number of carbonyl (C=O) groups is 1. The molecule has 0 unspecified atom stereocenters. The third kappa shape index (κ3) is 3.30. The fourth-order valence-corrected chi connectivity index (χ4v) is 1.21. The van der Waals surface area contributed by atoms with E-state index in [0.717, 1.165) is 5.56 Å². The second kappa shape index (κ2) is 4.38. The van der Waals surface area contributed by atoms with Crippen molar-refractivity contribution in [3.63, 3.8) is 0 Å². The van der Waals surface area contributed by atoms with Crippen molar-refractivity contribution in [3.8, 4) is 0 Å². The maximum absolute atomic E-state index is 11.4. The minimum atomic E-state index is -1.20. The standard InChI is InChI=1S/C12H16O2/c1-12(2,14)11(13)9-8-10-6-4-3-5-7-10/h3-7,14H,8-9H2,1-2H3. The molecule has 0 heterocycles. The molecular weight excluding hydrogens is 176 g/mol. The Morgan fingerprint density at radius 2 is 1.86 bits per heavy atom. The van der Waals surface area contributed by atoms with E-state index in [2.05, 4.69) is 0 Å². The van der Waals surface area contributed by atoms with Crippen LogP contribution in [0.4, 0.5) is 0 Å². The number of ketones is 1. The molecule has 0 amide bonds. The first-order valence-corrected chi connectivity index (χ1v) is 4.80. The number of aryl methyl sites for hydroxylation is 1. The zero-order valence-electron chi connectivity index (χ0n) is 8.66. The summed E-state index contributed by atoms with van der Waals surface area (Å²) in [5.41, 5.74) is -0.0699. The molecule has 0 aliphatic rings. The molecule has 0 saturated heterocycles. The smallest absolute Gasteiger partial charge is 0.164 e. The molecule has 0 fully saturated rings. The summed E-state index contributed by atoms with van der Waals surface area (Å²) in [4.78, 5) is 11.4. The van der Waals surface area contributed by atoms with E-state index in [4.69, 9.17) is 0 Å². The number of carbonyl (C=O) groups excluding carboxylic acids is 1. The Hall–Kier alpha value is -1.15. The summed E-state index contributed by atoms with van der Waals surface area (Å²) < 4.78 is 0. The van der Waals surface area contributed by atoms with Crippen molar-refractivity contribution in [2.75, 3.05) is 0 Å². The molecule has 14 heavy (non-hydrogen) atoms. The van der Waals surface area contributed by atoms with Crippen molar-refractivity contribution < 1.29 is 9.90 Å². The molecule has 0 aliphatic carbocycles. The van der Waals surface area contributed by atoms with Crippen LogP contribution in [0.1, 0.15) is 25.8 Å². The summed E-state index contributed by atoms with van der Waals surface area (Å²) in [5.74, 6) is -0.110. The van der Waals surface area contributed by atoms with E-state index in [1.54, 1.807) is 0 Å². The highest BCUT2D eigenvalue weighted by Gasteiger charge is 2.22. The number of Topliss-reactive ketones (excluding diaryl/α,β-unsaturated/α-hetero) is 1. The Morgan fingerprint density at radius 3 is 2.36 bits per heavy atom. The van der Waals surface area contributed by atoms with E-state index in [1.165, 1.54) is 13.8 Å². The van der Waals surface area contributed by atoms with Gasteiger partial charge in [0.15, 0.2) is 5.78 Å². The molecule has 0 spiro atoms. The van der Waals surface area contributed by atoms with Crippen molar-refractivity contribution in [3.05, 3.63) is 35.9 Å². The van der Waals surface area contributed by atoms with Crippen LogP contribution in [0.3, 0.4) is 0 Å². The first-order valence-electron chi connectivity index (χ1n) is 4.80. The van der Waals surface area contributed by atoms with Gasteiger partial charge in [-0.3, -0.25) is 4.79 Å². The Balaban J connectivity index is 2.46. The summed E-state index contributed by atoms with van der Waals surface area (Å²) in [5, 5.41) is 9.41. The highest BCUT2D eigenvalue weighted by molar-refractivity contribution is 5.86. The molecule has 2 heteroatoms. The van der Waals surface area contributed by atoms with E-state index < -0.39 is 5.60 Å². The van der Waals surface area contributed by atoms with Gasteiger partial charge >= 0.3 is 0 Å². The molecule has 0 aliphatic heterocycles. The fourth-order valence-electron chi connectivity index (χ4n) is 1.21. The third-order valence-electron chi connectivity index (χ3n) is 2.17. The molecule has 1 aromatic rings. The summed E-state index contributed by atoms with van der Waals surface area (Å²) >= 11 is 0. The van der Waals surface area contributed by atoms with Crippen LogP contribution in [0.15, 0.2) is 30.3 Å². The van der Waals surface area contributed by atoms with Gasteiger partial charge in [0.2, 0.25) is 0 Å². The van der Waals surface area contributed by atoms with Gasteiger partial charge in [-0.25, -0.2) is 0 Å². The van der Waals surface area contributed by atoms with E-state index in [-0.39, 0.29) is 5.78 Å². The molecule has 76 valence electrons. The van der Waals surface area contributed by atoms with Crippen molar-refractivity contribution in [1.82, 2.24) is 0 Å². The highest BCUT2D eigenvalue weighted by Crippen LogP contribution is 2.09. The van der Waals surface area contributed by atoms with Crippen LogP contribution in [0.2, 0.25) is 0 Å². The lowest BCUT2D eigenvalue weighted by molar-refractivity contribution is -0.134. The van der Waals surface area contributed by atoms with Crippen LogP contribution in [-0.4, -0.2) is 16.5 Å². The Labute approximate surface area is 84.6 Å². The molecular formula is C12H16O2. The Bertz CT molecular complexity index is 296. The number of hydrogen-bond donors (Lipinski definition) is 1. The lowest BCUT2D eigenvalue weighted by Gasteiger charge is -2.14. The van der Waals surface area contributed by atoms with Gasteiger partial charge in [0.25, 0.3) is 0 Å². The first-order chi connectivity index (χ1) is 6.50. The molecule has 1 rings (SSSR count). The normalized spacial score (nSPS) is 11.4. The summed E-state index contributed by atoms with van der Waals surface area (Å²) in [6, 6.07) is 9.81. The molecule has 0 saturated carbocycles. The maximum atomic E-state index is 11.4. The highest BCUT2D eigenvalue weighted by atomic mass is 16.3. The van der Waals surface area contributed by atoms with Crippen LogP contribution >= 0.6 is 0 Å². The summed E-state index contributed by atoms with van der Waals surface area (Å²) in [6.07, 6.45) is 1.09. The predicted molar refractivity (Wildman–Crippen MR) is 56.1 cm³/mol. The quantitative estimate of drug-likeness (QED) is 0.791. The van der Waals surface area contributed by atoms with Gasteiger partial charge in [-0.05, 0) is 25.8 Å². The van der Waals surface area contributed by atoms with Crippen molar-refractivity contribution >= 4 is 5.78 Å². The topological polar surface area (TPSA) is 37.3 Å². The van der Waals surface area contributed by atoms with E-state index in [1.807, 2.05) is 30.3 Å². The molecule has 0 atom stereocenters. The maximum Gasteiger partial charge on any atom is 0.164 e. The van der Waals surface area contributed by atoms with Crippen molar-refractivity contribution in [1.29, 1.82) is 0 Å². The molecule has 2 nitrogen and oxygen atoms in total. The summed E-state index contributed by atoms with van der Waals surface area (Å²) in [7, 11) is 0. The molecule has 0 bridgehead atoms. The van der Waals surface area contributed by atoms with Gasteiger partial charge in [-0.1, -0.05) is 30.3 Å². The molecule has 1 N–H and O–H groups in total. The van der Waals surface area contributed by atoms with Gasteiger partial charge in [0, 0.05) is 6.42 Å². The van der Waals surface area contributed by atoms with Crippen LogP contribution < -0.4 is 0 Å². The fraction of sp³-hybridized carbons (Fsp3) is 0.417. The van der Waals surface area contributed by atoms with Crippen LogP contribution in [0.25, 0.3) is 0 Å². The molecule has 1 aromatic carbocycles. The minimum absolute atomic E-state index is 0.110. The van der Waals surface area contributed by atoms with E-state index in [0.29, 0.717) is 12.8 Å². The monoisotopic (exact) mass is 192 g/mol. The largest absolute Gasteiger partial charge is 0.383 e. The second-order valence-electron chi connectivity index (χ2n) is 3.97. The van der Waals surface area contributed by atoms with Crippen molar-refractivity contribution in [2.45, 2.75) is 32.3 Å². The predicted octanol–water partition coefficient (Wildman–Crippen LogP) is 1.96. The van der Waals surface area contributed by atoms with Crippen LogP contribution in [0.5, 0.6) is 0 Å². The van der Waals surface area contributed by atoms with Gasteiger partial charge in [0.05, 0.1) is 0 Å². The van der Waals surface area contributed by atoms with Crippen molar-refractivity contribution in [2.24, 2.45) is 0 Å². The van der Waals surface area contributed by atoms with Gasteiger partial charge in [-0.2, -0.15) is 0 Å². The van der Waals surface area contributed by atoms with Crippen LogP contribution in [0, 0.1) is 0 Å². The first kappa shape index (κ1) is 10.9. The van der Waals surface area contributed by atoms with Gasteiger partial charge in [0.1, 0.15) is 5.60 Å². The Kier molecular flexibility index (Phi) is 3.42. The van der Waals surface area contributed by atoms with E-state index >= 15 is 0 Å². The second-order valence-corrected chi connectivity index (χ2v) is 3.97. The van der Waals surface area contributed by atoms with Gasteiger partial charge in [-0.15, -0.1) is 0 Å². The van der Waals surface area contributed by atoms with E-state index in [9.17, 15) is 9.90 Å². The SMILES string of the molecule is CC(C)(O)C(=O)CCc1ccccc1. The van der Waals surface area contributed by atoms with Gasteiger partial charge < -0.3 is 5.11 Å². The number of aliphatic hydroxyl groups is 1. The minimum Gasteiger partial charge on any atom is -0.383 e. The molecule has 0 radical (unpaired) electrons. The Morgan fingerprint density at radius 1 is 1.29 bits per heavy atom. The average Bonchev–Trinajstić information content (AvgIpc) is 2.14. The average molecular weight is 192 g/mol. The van der Waals surface area contributed by atoms with Crippen LogP contribution in [-0.2, 0) is 11.2 Å².